The molecule has 170 valence electrons. The third-order valence-electron chi connectivity index (χ3n) is 5.01. The van der Waals surface area contributed by atoms with Crippen molar-refractivity contribution in [2.45, 2.75) is 40.3 Å². The lowest BCUT2D eigenvalue weighted by Crippen LogP contribution is -2.40. The number of nitrogens with one attached hydrogen (secondary N) is 2. The molecule has 1 amide bonds. The van der Waals surface area contributed by atoms with Crippen molar-refractivity contribution in [2.75, 3.05) is 52.5 Å². The van der Waals surface area contributed by atoms with Crippen LogP contribution in [0.5, 0.6) is 0 Å². The van der Waals surface area contributed by atoms with Crippen LogP contribution in [0.3, 0.4) is 0 Å². The van der Waals surface area contributed by atoms with E-state index in [0.717, 1.165) is 58.4 Å². The van der Waals surface area contributed by atoms with E-state index in [9.17, 15) is 4.79 Å². The fraction of sp³-hybridized carbons (Fsp3) is 0.636. The Hall–Kier alpha value is -1.39. The minimum atomic E-state index is 0. The standard InChI is InChI=1S/C22H37N5O2.HI/c1-4-23-22(24-11-10-21(28)27(5-2)6-3)25-17-19-8-7-9-20(16-19)18-26-12-14-29-15-13-26;/h7-9,16H,4-6,10-15,17-18H2,1-3H3,(H2,23,24,25);1H. The van der Waals surface area contributed by atoms with Crippen molar-refractivity contribution in [2.24, 2.45) is 4.99 Å². The normalized spacial score (nSPS) is 14.7. The lowest BCUT2D eigenvalue weighted by atomic mass is 10.1. The van der Waals surface area contributed by atoms with Crippen molar-refractivity contribution in [3.63, 3.8) is 0 Å². The molecule has 2 N–H and O–H groups in total. The number of ether oxygens (including phenoxy) is 1. The number of nitrogens with zero attached hydrogens (tertiary/aromatic N) is 3. The summed E-state index contributed by atoms with van der Waals surface area (Å²) in [7, 11) is 0. The highest BCUT2D eigenvalue weighted by atomic mass is 127. The Labute approximate surface area is 198 Å². The SMILES string of the molecule is CCNC(=NCc1cccc(CN2CCOCC2)c1)NCCC(=O)N(CC)CC.I. The second-order valence-corrected chi connectivity index (χ2v) is 7.15. The van der Waals surface area contributed by atoms with E-state index in [1.165, 1.54) is 11.1 Å². The Morgan fingerprint density at radius 3 is 2.50 bits per heavy atom. The lowest BCUT2D eigenvalue weighted by molar-refractivity contribution is -0.130. The highest BCUT2D eigenvalue weighted by Gasteiger charge is 2.11. The Morgan fingerprint density at radius 1 is 1.13 bits per heavy atom. The maximum Gasteiger partial charge on any atom is 0.224 e. The molecule has 2 rings (SSSR count). The number of benzene rings is 1. The third-order valence-corrected chi connectivity index (χ3v) is 5.01. The van der Waals surface area contributed by atoms with E-state index in [1.54, 1.807) is 0 Å². The maximum atomic E-state index is 12.1. The molecule has 0 aromatic heterocycles. The fourth-order valence-electron chi connectivity index (χ4n) is 3.38. The summed E-state index contributed by atoms with van der Waals surface area (Å²) < 4.78 is 5.42. The van der Waals surface area contributed by atoms with Gasteiger partial charge in [-0.05, 0) is 31.9 Å². The molecule has 1 fully saturated rings. The van der Waals surface area contributed by atoms with Gasteiger partial charge in [0.05, 0.1) is 19.8 Å². The summed E-state index contributed by atoms with van der Waals surface area (Å²) in [4.78, 5) is 21.1. The van der Waals surface area contributed by atoms with Gasteiger partial charge in [-0.25, -0.2) is 4.99 Å². The molecule has 0 atom stereocenters. The molecule has 0 bridgehead atoms. The first-order chi connectivity index (χ1) is 14.2. The van der Waals surface area contributed by atoms with Crippen LogP contribution < -0.4 is 10.6 Å². The molecule has 1 aliphatic heterocycles. The molecular weight excluding hydrogens is 493 g/mol. The van der Waals surface area contributed by atoms with Crippen LogP contribution in [-0.4, -0.2) is 74.1 Å². The van der Waals surface area contributed by atoms with Gasteiger partial charge in [-0.1, -0.05) is 24.3 Å². The van der Waals surface area contributed by atoms with Gasteiger partial charge >= 0.3 is 0 Å². The van der Waals surface area contributed by atoms with Crippen molar-refractivity contribution in [1.82, 2.24) is 20.4 Å². The number of halogens is 1. The van der Waals surface area contributed by atoms with Crippen LogP contribution in [0.1, 0.15) is 38.3 Å². The van der Waals surface area contributed by atoms with Gasteiger partial charge in [0.2, 0.25) is 5.91 Å². The Balaban J connectivity index is 0.00000450. The number of morpholine rings is 1. The molecule has 7 nitrogen and oxygen atoms in total. The van der Waals surface area contributed by atoms with Gasteiger partial charge in [0.25, 0.3) is 0 Å². The molecule has 0 spiro atoms. The summed E-state index contributed by atoms with van der Waals surface area (Å²) in [6, 6.07) is 8.61. The summed E-state index contributed by atoms with van der Waals surface area (Å²) in [6.45, 7) is 14.1. The van der Waals surface area contributed by atoms with Crippen molar-refractivity contribution in [3.8, 4) is 0 Å². The van der Waals surface area contributed by atoms with E-state index in [0.29, 0.717) is 19.5 Å². The average molecular weight is 531 g/mol. The summed E-state index contributed by atoms with van der Waals surface area (Å²) in [6.07, 6.45) is 0.473. The zero-order valence-electron chi connectivity index (χ0n) is 18.7. The summed E-state index contributed by atoms with van der Waals surface area (Å²) in [5.74, 6) is 0.924. The molecular formula is C22H38IN5O2. The third kappa shape index (κ3) is 9.61. The maximum absolute atomic E-state index is 12.1. The molecule has 0 radical (unpaired) electrons. The van der Waals surface area contributed by atoms with Crippen LogP contribution in [-0.2, 0) is 22.6 Å². The quantitative estimate of drug-likeness (QED) is 0.276. The first-order valence-corrected chi connectivity index (χ1v) is 10.8. The Bertz CT molecular complexity index is 646. The summed E-state index contributed by atoms with van der Waals surface area (Å²) >= 11 is 0. The van der Waals surface area contributed by atoms with Gasteiger partial charge in [0, 0.05) is 52.2 Å². The van der Waals surface area contributed by atoms with Crippen molar-refractivity contribution < 1.29 is 9.53 Å². The first-order valence-electron chi connectivity index (χ1n) is 10.8. The van der Waals surface area contributed by atoms with Crippen LogP contribution >= 0.6 is 24.0 Å². The minimum Gasteiger partial charge on any atom is -0.379 e. The van der Waals surface area contributed by atoms with Crippen molar-refractivity contribution in [3.05, 3.63) is 35.4 Å². The highest BCUT2D eigenvalue weighted by Crippen LogP contribution is 2.11. The number of amides is 1. The van der Waals surface area contributed by atoms with Gasteiger partial charge in [0.15, 0.2) is 5.96 Å². The predicted octanol–water partition coefficient (Wildman–Crippen LogP) is 2.45. The lowest BCUT2D eigenvalue weighted by Gasteiger charge is -2.26. The van der Waals surface area contributed by atoms with Gasteiger partial charge in [0.1, 0.15) is 0 Å². The van der Waals surface area contributed by atoms with Crippen LogP contribution in [0.4, 0.5) is 0 Å². The van der Waals surface area contributed by atoms with E-state index in [-0.39, 0.29) is 29.9 Å². The predicted molar refractivity (Wildman–Crippen MR) is 133 cm³/mol. The molecule has 0 saturated carbocycles. The second kappa shape index (κ2) is 15.4. The molecule has 8 heteroatoms. The van der Waals surface area contributed by atoms with Crippen LogP contribution in [0, 0.1) is 0 Å². The fourth-order valence-corrected chi connectivity index (χ4v) is 3.38. The zero-order chi connectivity index (χ0) is 20.9. The highest BCUT2D eigenvalue weighted by molar-refractivity contribution is 14.0. The first kappa shape index (κ1) is 26.6. The van der Waals surface area contributed by atoms with Crippen molar-refractivity contribution in [1.29, 1.82) is 0 Å². The smallest absolute Gasteiger partial charge is 0.224 e. The van der Waals surface area contributed by atoms with Gasteiger partial charge < -0.3 is 20.3 Å². The van der Waals surface area contributed by atoms with Gasteiger partial charge in [-0.15, -0.1) is 24.0 Å². The Kier molecular flexibility index (Phi) is 13.7. The van der Waals surface area contributed by atoms with Crippen molar-refractivity contribution >= 4 is 35.8 Å². The van der Waals surface area contributed by atoms with E-state index >= 15 is 0 Å². The van der Waals surface area contributed by atoms with E-state index in [4.69, 9.17) is 4.74 Å². The summed E-state index contributed by atoms with van der Waals surface area (Å²) in [5, 5.41) is 6.53. The van der Waals surface area contributed by atoms with Crippen LogP contribution in [0.15, 0.2) is 29.3 Å². The molecule has 1 aliphatic rings. The molecule has 1 aromatic rings. The van der Waals surface area contributed by atoms with Gasteiger partial charge in [-0.3, -0.25) is 9.69 Å². The molecule has 0 unspecified atom stereocenters. The topological polar surface area (TPSA) is 69.2 Å². The van der Waals surface area contributed by atoms with E-state index in [1.807, 2.05) is 25.7 Å². The number of hydrogen-bond donors (Lipinski definition) is 2. The minimum absolute atomic E-state index is 0. The monoisotopic (exact) mass is 531 g/mol. The second-order valence-electron chi connectivity index (χ2n) is 7.15. The molecule has 1 heterocycles. The van der Waals surface area contributed by atoms with E-state index < -0.39 is 0 Å². The number of rotatable bonds is 10. The molecule has 1 saturated heterocycles. The number of hydrogen-bond acceptors (Lipinski definition) is 4. The average Bonchev–Trinajstić information content (AvgIpc) is 2.74. The Morgan fingerprint density at radius 2 is 1.83 bits per heavy atom. The molecule has 1 aromatic carbocycles. The summed E-state index contributed by atoms with van der Waals surface area (Å²) in [5.41, 5.74) is 2.49. The number of carbonyl (C=O) groups excluding carboxylic acids is 1. The number of aliphatic imine (C=N–C) groups is 1. The molecule has 30 heavy (non-hydrogen) atoms. The largest absolute Gasteiger partial charge is 0.379 e. The van der Waals surface area contributed by atoms with Crippen LogP contribution in [0.25, 0.3) is 0 Å². The number of guanidine groups is 1. The van der Waals surface area contributed by atoms with E-state index in [2.05, 4.69) is 44.8 Å². The van der Waals surface area contributed by atoms with Gasteiger partial charge in [-0.2, -0.15) is 0 Å². The molecule has 0 aliphatic carbocycles. The zero-order valence-corrected chi connectivity index (χ0v) is 21.0. The number of carbonyl (C=O) groups is 1. The van der Waals surface area contributed by atoms with Crippen LogP contribution in [0.2, 0.25) is 0 Å².